The highest BCUT2D eigenvalue weighted by Gasteiger charge is 2.15. The van der Waals surface area contributed by atoms with Gasteiger partial charge in [0, 0.05) is 32.9 Å². The van der Waals surface area contributed by atoms with Gasteiger partial charge in [-0.3, -0.25) is 4.99 Å². The SMILES string of the molecule is CN=C(NCCCOCC1CCCO1)NCCOc1ccc2c(c1)OCO2.I. The second-order valence-electron chi connectivity index (χ2n) is 6.35. The van der Waals surface area contributed by atoms with Crippen LogP contribution in [0.4, 0.5) is 0 Å². The van der Waals surface area contributed by atoms with Gasteiger partial charge in [0.25, 0.3) is 0 Å². The van der Waals surface area contributed by atoms with Crippen molar-refractivity contribution in [2.75, 3.05) is 53.4 Å². The molecule has 1 saturated heterocycles. The third-order valence-electron chi connectivity index (χ3n) is 4.32. The first-order valence-electron chi connectivity index (χ1n) is 9.51. The molecule has 0 radical (unpaired) electrons. The first-order valence-corrected chi connectivity index (χ1v) is 9.51. The third-order valence-corrected chi connectivity index (χ3v) is 4.32. The molecule has 0 bridgehead atoms. The summed E-state index contributed by atoms with van der Waals surface area (Å²) in [6, 6.07) is 5.57. The molecule has 158 valence electrons. The summed E-state index contributed by atoms with van der Waals surface area (Å²) in [5.41, 5.74) is 0. The van der Waals surface area contributed by atoms with Crippen LogP contribution in [-0.4, -0.2) is 65.4 Å². The van der Waals surface area contributed by atoms with Crippen LogP contribution in [0.2, 0.25) is 0 Å². The fourth-order valence-corrected chi connectivity index (χ4v) is 2.90. The van der Waals surface area contributed by atoms with E-state index in [0.29, 0.717) is 19.8 Å². The van der Waals surface area contributed by atoms with Gasteiger partial charge in [0.1, 0.15) is 12.4 Å². The van der Waals surface area contributed by atoms with E-state index in [1.807, 2.05) is 18.2 Å². The highest BCUT2D eigenvalue weighted by atomic mass is 127. The van der Waals surface area contributed by atoms with Crippen LogP contribution in [0, 0.1) is 0 Å². The molecule has 0 spiro atoms. The second-order valence-corrected chi connectivity index (χ2v) is 6.35. The lowest BCUT2D eigenvalue weighted by Crippen LogP contribution is -2.39. The fourth-order valence-electron chi connectivity index (χ4n) is 2.90. The van der Waals surface area contributed by atoms with E-state index in [0.717, 1.165) is 62.2 Å². The Hall–Kier alpha value is -1.46. The molecule has 28 heavy (non-hydrogen) atoms. The average molecular weight is 507 g/mol. The van der Waals surface area contributed by atoms with Gasteiger partial charge in [0.2, 0.25) is 6.79 Å². The van der Waals surface area contributed by atoms with Crippen molar-refractivity contribution < 1.29 is 23.7 Å². The van der Waals surface area contributed by atoms with Crippen LogP contribution >= 0.6 is 24.0 Å². The van der Waals surface area contributed by atoms with Crippen molar-refractivity contribution in [1.82, 2.24) is 10.6 Å². The summed E-state index contributed by atoms with van der Waals surface area (Å²) in [7, 11) is 1.75. The van der Waals surface area contributed by atoms with Crippen molar-refractivity contribution in [2.45, 2.75) is 25.4 Å². The van der Waals surface area contributed by atoms with Crippen LogP contribution < -0.4 is 24.8 Å². The van der Waals surface area contributed by atoms with Gasteiger partial charge < -0.3 is 34.3 Å². The Kier molecular flexibility index (Phi) is 10.5. The molecule has 1 fully saturated rings. The topological polar surface area (TPSA) is 82.6 Å². The van der Waals surface area contributed by atoms with E-state index >= 15 is 0 Å². The number of fused-ring (bicyclic) bond motifs is 1. The van der Waals surface area contributed by atoms with E-state index in [4.69, 9.17) is 23.7 Å². The summed E-state index contributed by atoms with van der Waals surface area (Å²) in [6.45, 7) is 4.52. The van der Waals surface area contributed by atoms with Gasteiger partial charge in [-0.25, -0.2) is 0 Å². The Bertz CT molecular complexity index is 611. The van der Waals surface area contributed by atoms with Crippen LogP contribution in [0.3, 0.4) is 0 Å². The standard InChI is InChI=1S/C19H29N3O5.HI/c1-20-19(21-7-3-9-23-13-16-4-2-10-24-16)22-8-11-25-15-5-6-17-18(12-15)27-14-26-17;/h5-6,12,16H,2-4,7-11,13-14H2,1H3,(H2,20,21,22);1H. The van der Waals surface area contributed by atoms with E-state index < -0.39 is 0 Å². The van der Waals surface area contributed by atoms with Gasteiger partial charge in [-0.1, -0.05) is 0 Å². The summed E-state index contributed by atoms with van der Waals surface area (Å²) in [5.74, 6) is 2.99. The highest BCUT2D eigenvalue weighted by molar-refractivity contribution is 14.0. The molecule has 0 amide bonds. The predicted molar refractivity (Wildman–Crippen MR) is 117 cm³/mol. The number of aliphatic imine (C=N–C) groups is 1. The van der Waals surface area contributed by atoms with E-state index in [9.17, 15) is 0 Å². The molecule has 1 aromatic carbocycles. The molecule has 3 rings (SSSR count). The summed E-state index contributed by atoms with van der Waals surface area (Å²) in [4.78, 5) is 4.20. The zero-order chi connectivity index (χ0) is 18.7. The number of hydrogen-bond acceptors (Lipinski definition) is 6. The van der Waals surface area contributed by atoms with Crippen molar-refractivity contribution in [1.29, 1.82) is 0 Å². The minimum absolute atomic E-state index is 0. The van der Waals surface area contributed by atoms with Gasteiger partial charge in [-0.15, -0.1) is 24.0 Å². The molecule has 1 unspecified atom stereocenters. The minimum Gasteiger partial charge on any atom is -0.492 e. The van der Waals surface area contributed by atoms with Gasteiger partial charge in [-0.05, 0) is 31.4 Å². The number of ether oxygens (including phenoxy) is 5. The number of rotatable bonds is 10. The first kappa shape index (κ1) is 22.8. The second kappa shape index (κ2) is 12.9. The van der Waals surface area contributed by atoms with Gasteiger partial charge in [0.05, 0.1) is 19.3 Å². The molecule has 2 heterocycles. The van der Waals surface area contributed by atoms with Crippen LogP contribution in [0.5, 0.6) is 17.2 Å². The Labute approximate surface area is 183 Å². The first-order chi connectivity index (χ1) is 13.3. The molecule has 2 N–H and O–H groups in total. The van der Waals surface area contributed by atoms with Crippen LogP contribution in [0.1, 0.15) is 19.3 Å². The van der Waals surface area contributed by atoms with E-state index in [1.54, 1.807) is 7.05 Å². The van der Waals surface area contributed by atoms with Crippen LogP contribution in [0.25, 0.3) is 0 Å². The maximum Gasteiger partial charge on any atom is 0.231 e. The largest absolute Gasteiger partial charge is 0.492 e. The van der Waals surface area contributed by atoms with Crippen molar-refractivity contribution in [3.8, 4) is 17.2 Å². The Morgan fingerprint density at radius 2 is 2.04 bits per heavy atom. The molecule has 9 heteroatoms. The molecule has 1 aromatic rings. The number of guanidine groups is 1. The number of benzene rings is 1. The summed E-state index contributed by atoms with van der Waals surface area (Å²) < 4.78 is 27.5. The summed E-state index contributed by atoms with van der Waals surface area (Å²) >= 11 is 0. The normalized spacial score (nSPS) is 17.9. The lowest BCUT2D eigenvalue weighted by molar-refractivity contribution is 0.0168. The van der Waals surface area contributed by atoms with Crippen molar-refractivity contribution in [3.05, 3.63) is 18.2 Å². The smallest absolute Gasteiger partial charge is 0.231 e. The zero-order valence-corrected chi connectivity index (χ0v) is 18.6. The summed E-state index contributed by atoms with van der Waals surface area (Å²) in [5, 5.41) is 6.49. The van der Waals surface area contributed by atoms with Gasteiger partial charge >= 0.3 is 0 Å². The Morgan fingerprint density at radius 3 is 2.86 bits per heavy atom. The molecule has 0 saturated carbocycles. The Balaban J connectivity index is 0.00000280. The summed E-state index contributed by atoms with van der Waals surface area (Å²) in [6.07, 6.45) is 3.47. The van der Waals surface area contributed by atoms with Crippen molar-refractivity contribution in [2.24, 2.45) is 4.99 Å². The van der Waals surface area contributed by atoms with Crippen LogP contribution in [-0.2, 0) is 9.47 Å². The number of halogens is 1. The maximum atomic E-state index is 5.72. The average Bonchev–Trinajstić information content (AvgIpc) is 3.37. The van der Waals surface area contributed by atoms with E-state index in [-0.39, 0.29) is 36.9 Å². The number of hydrogen-bond donors (Lipinski definition) is 2. The zero-order valence-electron chi connectivity index (χ0n) is 16.3. The molecule has 2 aliphatic rings. The molecule has 0 aromatic heterocycles. The van der Waals surface area contributed by atoms with Crippen molar-refractivity contribution >= 4 is 29.9 Å². The third kappa shape index (κ3) is 7.51. The molecular formula is C19H30IN3O5. The molecule has 8 nitrogen and oxygen atoms in total. The monoisotopic (exact) mass is 507 g/mol. The molecular weight excluding hydrogens is 477 g/mol. The van der Waals surface area contributed by atoms with Gasteiger partial charge in [-0.2, -0.15) is 0 Å². The van der Waals surface area contributed by atoms with Crippen molar-refractivity contribution in [3.63, 3.8) is 0 Å². The van der Waals surface area contributed by atoms with E-state index in [1.165, 1.54) is 0 Å². The highest BCUT2D eigenvalue weighted by Crippen LogP contribution is 2.34. The van der Waals surface area contributed by atoms with Gasteiger partial charge in [0.15, 0.2) is 17.5 Å². The number of nitrogens with zero attached hydrogens (tertiary/aromatic N) is 1. The minimum atomic E-state index is 0. The molecule has 2 aliphatic heterocycles. The quantitative estimate of drug-likeness (QED) is 0.218. The lowest BCUT2D eigenvalue weighted by Gasteiger charge is -2.13. The van der Waals surface area contributed by atoms with Crippen LogP contribution in [0.15, 0.2) is 23.2 Å². The fraction of sp³-hybridized carbons (Fsp3) is 0.632. The number of nitrogens with one attached hydrogen (secondary N) is 2. The maximum absolute atomic E-state index is 5.72. The molecule has 1 atom stereocenters. The molecule has 0 aliphatic carbocycles. The Morgan fingerprint density at radius 1 is 1.18 bits per heavy atom. The predicted octanol–water partition coefficient (Wildman–Crippen LogP) is 2.16. The lowest BCUT2D eigenvalue weighted by atomic mass is 10.2. The van der Waals surface area contributed by atoms with E-state index in [2.05, 4.69) is 15.6 Å².